The highest BCUT2D eigenvalue weighted by Crippen LogP contribution is 2.34. The first kappa shape index (κ1) is 17.3. The quantitative estimate of drug-likeness (QED) is 0.664. The van der Waals surface area contributed by atoms with Crippen LogP contribution in [0.15, 0.2) is 0 Å². The Balaban J connectivity index is 2.73. The zero-order valence-electron chi connectivity index (χ0n) is 12.9. The standard InChI is InChI=1S/C16H33NOS/c1-3-9-16(14-19,10-4-2)13-17-11-7-5-6-8-15(17)12-18/h15,18-19H,3-14H2,1-2H3. The van der Waals surface area contributed by atoms with E-state index in [1.165, 1.54) is 44.9 Å². The average molecular weight is 288 g/mol. The van der Waals surface area contributed by atoms with Gasteiger partial charge in [0.1, 0.15) is 0 Å². The Kier molecular flexibility index (Phi) is 8.43. The first-order valence-corrected chi connectivity index (χ1v) is 8.80. The van der Waals surface area contributed by atoms with E-state index in [1.54, 1.807) is 0 Å². The number of likely N-dealkylation sites (tertiary alicyclic amines) is 1. The van der Waals surface area contributed by atoms with Gasteiger partial charge in [-0.3, -0.25) is 4.90 Å². The van der Waals surface area contributed by atoms with E-state index in [0.717, 1.165) is 25.3 Å². The third-order valence-corrected chi connectivity index (χ3v) is 5.32. The molecule has 114 valence electrons. The van der Waals surface area contributed by atoms with Gasteiger partial charge >= 0.3 is 0 Å². The SMILES string of the molecule is CCCC(CS)(CCC)CN1CCCCCC1CO. The van der Waals surface area contributed by atoms with E-state index < -0.39 is 0 Å². The van der Waals surface area contributed by atoms with Gasteiger partial charge in [0.05, 0.1) is 6.61 Å². The molecule has 19 heavy (non-hydrogen) atoms. The first-order valence-electron chi connectivity index (χ1n) is 8.17. The summed E-state index contributed by atoms with van der Waals surface area (Å²) < 4.78 is 0. The predicted molar refractivity (Wildman–Crippen MR) is 87.0 cm³/mol. The lowest BCUT2D eigenvalue weighted by molar-refractivity contribution is 0.0739. The number of thiol groups is 1. The van der Waals surface area contributed by atoms with E-state index in [2.05, 4.69) is 31.4 Å². The fourth-order valence-corrected chi connectivity index (χ4v) is 4.05. The molecule has 1 rings (SSSR count). The van der Waals surface area contributed by atoms with Crippen molar-refractivity contribution in [2.75, 3.05) is 25.4 Å². The molecule has 0 aromatic carbocycles. The molecule has 1 unspecified atom stereocenters. The zero-order valence-corrected chi connectivity index (χ0v) is 13.8. The summed E-state index contributed by atoms with van der Waals surface area (Å²) in [6.07, 6.45) is 10.0. The molecule has 0 radical (unpaired) electrons. The van der Waals surface area contributed by atoms with Gasteiger partial charge in [0.2, 0.25) is 0 Å². The highest BCUT2D eigenvalue weighted by atomic mass is 32.1. The lowest BCUT2D eigenvalue weighted by atomic mass is 9.80. The summed E-state index contributed by atoms with van der Waals surface area (Å²) >= 11 is 4.67. The fourth-order valence-electron chi connectivity index (χ4n) is 3.63. The van der Waals surface area contributed by atoms with Crippen LogP contribution in [0, 0.1) is 5.41 Å². The molecule has 1 aliphatic heterocycles. The van der Waals surface area contributed by atoms with Crippen molar-refractivity contribution in [1.82, 2.24) is 4.90 Å². The van der Waals surface area contributed by atoms with Crippen molar-refractivity contribution >= 4 is 12.6 Å². The number of hydrogen-bond donors (Lipinski definition) is 2. The first-order chi connectivity index (χ1) is 9.21. The minimum Gasteiger partial charge on any atom is -0.395 e. The van der Waals surface area contributed by atoms with Gasteiger partial charge in [0.25, 0.3) is 0 Å². The molecule has 3 heteroatoms. The Hall–Kier alpha value is 0.270. The molecule has 0 saturated carbocycles. The maximum atomic E-state index is 9.66. The van der Waals surface area contributed by atoms with Crippen molar-refractivity contribution in [2.45, 2.75) is 71.3 Å². The second-order valence-corrected chi connectivity index (χ2v) is 6.63. The van der Waals surface area contributed by atoms with Crippen molar-refractivity contribution in [3.63, 3.8) is 0 Å². The van der Waals surface area contributed by atoms with E-state index in [4.69, 9.17) is 0 Å². The van der Waals surface area contributed by atoms with Gasteiger partial charge in [0.15, 0.2) is 0 Å². The Morgan fingerprint density at radius 2 is 1.84 bits per heavy atom. The third kappa shape index (κ3) is 5.28. The predicted octanol–water partition coefficient (Wildman–Crippen LogP) is 3.74. The number of aliphatic hydroxyl groups is 1. The minimum absolute atomic E-state index is 0.320. The molecule has 0 aliphatic carbocycles. The molecule has 0 amide bonds. The minimum atomic E-state index is 0.320. The van der Waals surface area contributed by atoms with Gasteiger partial charge < -0.3 is 5.11 Å². The van der Waals surface area contributed by atoms with Crippen LogP contribution >= 0.6 is 12.6 Å². The van der Waals surface area contributed by atoms with E-state index in [9.17, 15) is 5.11 Å². The highest BCUT2D eigenvalue weighted by molar-refractivity contribution is 7.80. The van der Waals surface area contributed by atoms with E-state index in [-0.39, 0.29) is 0 Å². The second kappa shape index (κ2) is 9.25. The van der Waals surface area contributed by atoms with Gasteiger partial charge in [-0.1, -0.05) is 39.5 Å². The van der Waals surface area contributed by atoms with Crippen molar-refractivity contribution in [1.29, 1.82) is 0 Å². The normalized spacial score (nSPS) is 22.4. The van der Waals surface area contributed by atoms with E-state index in [1.807, 2.05) is 0 Å². The Morgan fingerprint density at radius 3 is 2.37 bits per heavy atom. The van der Waals surface area contributed by atoms with Gasteiger partial charge in [-0.2, -0.15) is 12.6 Å². The van der Waals surface area contributed by atoms with Gasteiger partial charge in [-0.25, -0.2) is 0 Å². The molecule has 0 spiro atoms. The summed E-state index contributed by atoms with van der Waals surface area (Å²) in [5.41, 5.74) is 0.352. The topological polar surface area (TPSA) is 23.5 Å². The summed E-state index contributed by atoms with van der Waals surface area (Å²) in [7, 11) is 0. The van der Waals surface area contributed by atoms with Gasteiger partial charge in [0, 0.05) is 12.6 Å². The summed E-state index contributed by atoms with van der Waals surface area (Å²) in [6.45, 7) is 7.16. The van der Waals surface area contributed by atoms with Gasteiger partial charge in [-0.15, -0.1) is 0 Å². The van der Waals surface area contributed by atoms with Crippen LogP contribution in [0.4, 0.5) is 0 Å². The molecule has 0 bridgehead atoms. The van der Waals surface area contributed by atoms with E-state index in [0.29, 0.717) is 18.1 Å². The van der Waals surface area contributed by atoms with Crippen LogP contribution < -0.4 is 0 Å². The third-order valence-electron chi connectivity index (χ3n) is 4.64. The molecule has 0 aromatic heterocycles. The Labute approximate surface area is 125 Å². The number of aliphatic hydroxyl groups excluding tert-OH is 1. The number of nitrogens with zero attached hydrogens (tertiary/aromatic N) is 1. The summed E-state index contributed by atoms with van der Waals surface area (Å²) in [6, 6.07) is 0.385. The van der Waals surface area contributed by atoms with Crippen molar-refractivity contribution in [3.8, 4) is 0 Å². The van der Waals surface area contributed by atoms with Crippen LogP contribution in [0.25, 0.3) is 0 Å². The summed E-state index contributed by atoms with van der Waals surface area (Å²) in [4.78, 5) is 2.56. The lowest BCUT2D eigenvalue weighted by Gasteiger charge is -2.40. The van der Waals surface area contributed by atoms with Crippen LogP contribution in [0.3, 0.4) is 0 Å². The second-order valence-electron chi connectivity index (χ2n) is 6.31. The largest absolute Gasteiger partial charge is 0.395 e. The molecule has 1 aliphatic rings. The van der Waals surface area contributed by atoms with Crippen LogP contribution in [0.2, 0.25) is 0 Å². The molecule has 2 nitrogen and oxygen atoms in total. The maximum Gasteiger partial charge on any atom is 0.0586 e. The molecule has 1 saturated heterocycles. The molecular weight excluding hydrogens is 254 g/mol. The van der Waals surface area contributed by atoms with Crippen LogP contribution in [-0.4, -0.2) is 41.5 Å². The highest BCUT2D eigenvalue weighted by Gasteiger charge is 2.32. The lowest BCUT2D eigenvalue weighted by Crippen LogP contribution is -2.45. The Morgan fingerprint density at radius 1 is 1.16 bits per heavy atom. The monoisotopic (exact) mass is 287 g/mol. The zero-order chi connectivity index (χ0) is 14.1. The van der Waals surface area contributed by atoms with E-state index >= 15 is 0 Å². The van der Waals surface area contributed by atoms with Crippen LogP contribution in [0.5, 0.6) is 0 Å². The number of rotatable bonds is 8. The Bertz CT molecular complexity index is 229. The molecule has 1 fully saturated rings. The van der Waals surface area contributed by atoms with Crippen molar-refractivity contribution < 1.29 is 5.11 Å². The van der Waals surface area contributed by atoms with Crippen LogP contribution in [0.1, 0.15) is 65.2 Å². The van der Waals surface area contributed by atoms with Gasteiger partial charge in [-0.05, 0) is 43.4 Å². The fraction of sp³-hybridized carbons (Fsp3) is 1.00. The molecular formula is C16H33NOS. The van der Waals surface area contributed by atoms with Crippen LogP contribution in [-0.2, 0) is 0 Å². The van der Waals surface area contributed by atoms with Crippen molar-refractivity contribution in [2.24, 2.45) is 5.41 Å². The molecule has 1 N–H and O–H groups in total. The molecule has 1 heterocycles. The molecule has 1 atom stereocenters. The maximum absolute atomic E-state index is 9.66. The van der Waals surface area contributed by atoms with Crippen molar-refractivity contribution in [3.05, 3.63) is 0 Å². The number of hydrogen-bond acceptors (Lipinski definition) is 3. The summed E-state index contributed by atoms with van der Waals surface area (Å²) in [5, 5.41) is 9.66. The molecule has 0 aromatic rings. The smallest absolute Gasteiger partial charge is 0.0586 e. The summed E-state index contributed by atoms with van der Waals surface area (Å²) in [5.74, 6) is 0.976. The average Bonchev–Trinajstić information content (AvgIpc) is 2.64.